The quantitative estimate of drug-likeness (QED) is 0.936. The first-order valence-corrected chi connectivity index (χ1v) is 8.97. The largest absolute Gasteiger partial charge is 0.322 e. The Hall–Kier alpha value is -1.79. The minimum absolute atomic E-state index is 0.118. The molecule has 0 radical (unpaired) electrons. The number of thioether (sulfide) groups is 1. The molecule has 2 heterocycles. The Morgan fingerprint density at radius 1 is 1.35 bits per heavy atom. The Morgan fingerprint density at radius 2 is 2.13 bits per heavy atom. The lowest BCUT2D eigenvalue weighted by molar-refractivity contribution is 0.102. The normalized spacial score (nSPS) is 15.6. The molecule has 1 amide bonds. The maximum absolute atomic E-state index is 12.3. The van der Waals surface area contributed by atoms with Crippen molar-refractivity contribution in [2.24, 2.45) is 7.05 Å². The molecule has 0 saturated carbocycles. The van der Waals surface area contributed by atoms with Crippen LogP contribution in [-0.4, -0.2) is 45.2 Å². The van der Waals surface area contributed by atoms with Gasteiger partial charge in [0.15, 0.2) is 0 Å². The highest BCUT2D eigenvalue weighted by molar-refractivity contribution is 7.99. The van der Waals surface area contributed by atoms with E-state index in [4.69, 9.17) is 0 Å². The monoisotopic (exact) mass is 330 g/mol. The van der Waals surface area contributed by atoms with Crippen molar-refractivity contribution in [3.05, 3.63) is 47.3 Å². The summed E-state index contributed by atoms with van der Waals surface area (Å²) in [5, 5.41) is 7.05. The number of carbonyl (C=O) groups is 1. The maximum Gasteiger partial charge on any atom is 0.258 e. The molecule has 3 rings (SSSR count). The predicted molar refractivity (Wildman–Crippen MR) is 94.9 cm³/mol. The van der Waals surface area contributed by atoms with Crippen LogP contribution >= 0.6 is 11.8 Å². The van der Waals surface area contributed by atoms with Gasteiger partial charge in [0.2, 0.25) is 0 Å². The van der Waals surface area contributed by atoms with Gasteiger partial charge in [-0.15, -0.1) is 0 Å². The second-order valence-electron chi connectivity index (χ2n) is 5.89. The standard InChI is InChI=1S/C17H22N4OS/c1-13-3-4-14(11-21-5-7-23-8-6-21)9-16(13)19-17(22)15-10-18-20(2)12-15/h3-4,9-10,12H,5-8,11H2,1-2H3,(H,19,22). The van der Waals surface area contributed by atoms with Crippen molar-refractivity contribution in [1.82, 2.24) is 14.7 Å². The van der Waals surface area contributed by atoms with Gasteiger partial charge in [0, 0.05) is 50.1 Å². The molecule has 6 heteroatoms. The molecule has 1 aliphatic heterocycles. The Kier molecular flexibility index (Phi) is 5.03. The average Bonchev–Trinajstić information content (AvgIpc) is 2.98. The van der Waals surface area contributed by atoms with Gasteiger partial charge in [0.25, 0.3) is 5.91 Å². The van der Waals surface area contributed by atoms with Crippen molar-refractivity contribution in [3.8, 4) is 0 Å². The van der Waals surface area contributed by atoms with Crippen LogP contribution in [0, 0.1) is 6.92 Å². The van der Waals surface area contributed by atoms with Crippen molar-refractivity contribution in [3.63, 3.8) is 0 Å². The van der Waals surface area contributed by atoms with Gasteiger partial charge >= 0.3 is 0 Å². The number of rotatable bonds is 4. The van der Waals surface area contributed by atoms with Crippen LogP contribution < -0.4 is 5.32 Å². The van der Waals surface area contributed by atoms with E-state index in [1.165, 1.54) is 17.1 Å². The third-order valence-electron chi connectivity index (χ3n) is 4.03. The molecule has 0 unspecified atom stereocenters. The first-order chi connectivity index (χ1) is 11.1. The first-order valence-electron chi connectivity index (χ1n) is 7.81. The van der Waals surface area contributed by atoms with Crippen LogP contribution in [0.1, 0.15) is 21.5 Å². The number of nitrogens with zero attached hydrogens (tertiary/aromatic N) is 3. The summed E-state index contributed by atoms with van der Waals surface area (Å²) in [6.07, 6.45) is 3.31. The number of amides is 1. The Morgan fingerprint density at radius 3 is 2.83 bits per heavy atom. The summed E-state index contributed by atoms with van der Waals surface area (Å²) in [5.41, 5.74) is 3.76. The molecule has 0 atom stereocenters. The van der Waals surface area contributed by atoms with Gasteiger partial charge in [0.05, 0.1) is 11.8 Å². The molecule has 0 aliphatic carbocycles. The lowest BCUT2D eigenvalue weighted by atomic mass is 10.1. The number of benzene rings is 1. The summed E-state index contributed by atoms with van der Waals surface area (Å²) >= 11 is 2.02. The molecule has 1 fully saturated rings. The smallest absolute Gasteiger partial charge is 0.258 e. The van der Waals surface area contributed by atoms with Crippen LogP contribution in [0.5, 0.6) is 0 Å². The molecular weight excluding hydrogens is 308 g/mol. The van der Waals surface area contributed by atoms with Crippen LogP contribution in [0.25, 0.3) is 0 Å². The zero-order chi connectivity index (χ0) is 16.2. The van der Waals surface area contributed by atoms with Crippen molar-refractivity contribution in [1.29, 1.82) is 0 Å². The van der Waals surface area contributed by atoms with E-state index in [-0.39, 0.29) is 5.91 Å². The first kappa shape index (κ1) is 16.1. The van der Waals surface area contributed by atoms with E-state index in [0.717, 1.165) is 30.9 Å². The van der Waals surface area contributed by atoms with Gasteiger partial charge in [-0.25, -0.2) is 0 Å². The van der Waals surface area contributed by atoms with E-state index in [1.54, 1.807) is 24.1 Å². The molecule has 122 valence electrons. The van der Waals surface area contributed by atoms with Crippen LogP contribution in [0.4, 0.5) is 5.69 Å². The lowest BCUT2D eigenvalue weighted by Gasteiger charge is -2.26. The minimum atomic E-state index is -0.118. The van der Waals surface area contributed by atoms with Crippen LogP contribution in [0.3, 0.4) is 0 Å². The second-order valence-corrected chi connectivity index (χ2v) is 7.12. The number of aryl methyl sites for hydroxylation is 2. The molecule has 1 aromatic carbocycles. The van der Waals surface area contributed by atoms with Crippen LogP contribution in [-0.2, 0) is 13.6 Å². The molecule has 0 spiro atoms. The van der Waals surface area contributed by atoms with E-state index in [2.05, 4.69) is 33.5 Å². The molecule has 2 aromatic rings. The van der Waals surface area contributed by atoms with Gasteiger partial charge in [0.1, 0.15) is 0 Å². The minimum Gasteiger partial charge on any atom is -0.322 e. The van der Waals surface area contributed by atoms with E-state index < -0.39 is 0 Å². The highest BCUT2D eigenvalue weighted by Gasteiger charge is 2.13. The SMILES string of the molecule is Cc1ccc(CN2CCSCC2)cc1NC(=O)c1cnn(C)c1. The zero-order valence-corrected chi connectivity index (χ0v) is 14.4. The third-order valence-corrected chi connectivity index (χ3v) is 4.97. The average molecular weight is 330 g/mol. The van der Waals surface area contributed by atoms with Gasteiger partial charge in [-0.3, -0.25) is 14.4 Å². The van der Waals surface area contributed by atoms with E-state index in [1.807, 2.05) is 18.7 Å². The van der Waals surface area contributed by atoms with Crippen molar-refractivity contribution >= 4 is 23.4 Å². The fourth-order valence-electron chi connectivity index (χ4n) is 2.65. The topological polar surface area (TPSA) is 50.2 Å². The number of aromatic nitrogens is 2. The summed E-state index contributed by atoms with van der Waals surface area (Å²) in [5.74, 6) is 2.29. The molecule has 1 saturated heterocycles. The molecule has 5 nitrogen and oxygen atoms in total. The van der Waals surface area contributed by atoms with E-state index >= 15 is 0 Å². The Labute approximate surface area is 141 Å². The Bertz CT molecular complexity index is 692. The second kappa shape index (κ2) is 7.19. The predicted octanol–water partition coefficient (Wildman–Crippen LogP) is 2.53. The van der Waals surface area contributed by atoms with Crippen molar-refractivity contribution in [2.45, 2.75) is 13.5 Å². The van der Waals surface area contributed by atoms with Crippen LogP contribution in [0.2, 0.25) is 0 Å². The number of carbonyl (C=O) groups excluding carboxylic acids is 1. The zero-order valence-electron chi connectivity index (χ0n) is 13.6. The molecule has 1 aromatic heterocycles. The lowest BCUT2D eigenvalue weighted by Crippen LogP contribution is -2.32. The van der Waals surface area contributed by atoms with Crippen molar-refractivity contribution in [2.75, 3.05) is 29.9 Å². The fourth-order valence-corrected chi connectivity index (χ4v) is 3.63. The number of hydrogen-bond acceptors (Lipinski definition) is 4. The Balaban J connectivity index is 1.71. The van der Waals surface area contributed by atoms with Gasteiger partial charge in [-0.2, -0.15) is 16.9 Å². The number of anilines is 1. The highest BCUT2D eigenvalue weighted by Crippen LogP contribution is 2.20. The summed E-state index contributed by atoms with van der Waals surface area (Å²) in [6, 6.07) is 6.31. The third kappa shape index (κ3) is 4.14. The summed E-state index contributed by atoms with van der Waals surface area (Å²) in [4.78, 5) is 14.8. The summed E-state index contributed by atoms with van der Waals surface area (Å²) in [7, 11) is 1.81. The molecule has 1 N–H and O–H groups in total. The van der Waals surface area contributed by atoms with Gasteiger partial charge < -0.3 is 5.32 Å². The molecule has 23 heavy (non-hydrogen) atoms. The van der Waals surface area contributed by atoms with Crippen molar-refractivity contribution < 1.29 is 4.79 Å². The van der Waals surface area contributed by atoms with Crippen LogP contribution in [0.15, 0.2) is 30.6 Å². The van der Waals surface area contributed by atoms with Gasteiger partial charge in [-0.05, 0) is 24.1 Å². The molecular formula is C17H22N4OS. The molecule has 1 aliphatic rings. The highest BCUT2D eigenvalue weighted by atomic mass is 32.2. The van der Waals surface area contributed by atoms with E-state index in [9.17, 15) is 4.79 Å². The fraction of sp³-hybridized carbons (Fsp3) is 0.412. The number of nitrogens with one attached hydrogen (secondary N) is 1. The summed E-state index contributed by atoms with van der Waals surface area (Å²) < 4.78 is 1.63. The molecule has 0 bridgehead atoms. The van der Waals surface area contributed by atoms with Gasteiger partial charge in [-0.1, -0.05) is 12.1 Å². The maximum atomic E-state index is 12.3. The van der Waals surface area contributed by atoms with E-state index in [0.29, 0.717) is 5.56 Å². The summed E-state index contributed by atoms with van der Waals surface area (Å²) in [6.45, 7) is 5.22. The number of hydrogen-bond donors (Lipinski definition) is 1.